The predicted molar refractivity (Wildman–Crippen MR) is 48.2 cm³/mol. The Hall–Kier alpha value is -0.781. The normalized spacial score (nSPS) is 15.9. The van der Waals surface area contributed by atoms with E-state index in [2.05, 4.69) is 0 Å². The molecule has 0 aromatic heterocycles. The molecule has 0 heterocycles. The molecular weight excluding hydrogens is 320 g/mol. The van der Waals surface area contributed by atoms with Gasteiger partial charge in [0.25, 0.3) is 0 Å². The number of aliphatic carboxylic acids is 2. The van der Waals surface area contributed by atoms with Crippen molar-refractivity contribution in [3.63, 3.8) is 0 Å². The summed E-state index contributed by atoms with van der Waals surface area (Å²) >= 11 is 0. The summed E-state index contributed by atoms with van der Waals surface area (Å²) in [5, 5.41) is 68.8. The topological polar surface area (TPSA) is 202 Å². The van der Waals surface area contributed by atoms with Gasteiger partial charge in [0, 0.05) is 0 Å². The molecule has 0 spiro atoms. The van der Waals surface area contributed by atoms with E-state index in [4.69, 9.17) is 30.6 Å². The van der Waals surface area contributed by atoms with Crippen LogP contribution in [0.2, 0.25) is 0 Å². The minimum Gasteiger partial charge on any atom is -0.547 e. The SMILES string of the molecule is O=C([O-])[C@H](O)[C@@H](O)CO.O=C([O-])[C@H](O)[C@@H](O)CO.[Cu+2]. The molecule has 1 radical (unpaired) electrons. The first kappa shape index (κ1) is 23.3. The molecule has 4 atom stereocenters. The largest absolute Gasteiger partial charge is 2.00 e. The van der Waals surface area contributed by atoms with Crippen molar-refractivity contribution in [2.75, 3.05) is 13.2 Å². The molecule has 0 saturated carbocycles. The molecule has 6 N–H and O–H groups in total. The third kappa shape index (κ3) is 10.8. The van der Waals surface area contributed by atoms with E-state index in [1.807, 2.05) is 0 Å². The molecule has 0 fully saturated rings. The fraction of sp³-hybridized carbons (Fsp3) is 0.750. The summed E-state index contributed by atoms with van der Waals surface area (Å²) in [4.78, 5) is 19.3. The second-order valence-electron chi connectivity index (χ2n) is 3.03. The van der Waals surface area contributed by atoms with Crippen molar-refractivity contribution in [2.45, 2.75) is 24.4 Å². The standard InChI is InChI=1S/2C4H8O5.Cu/c2*5-1-2(6)3(7)4(8)9;/h2*2-3,5-7H,1H2,(H,8,9);/q;;+2/p-2/t2*2-,3+;/m00./s1. The third-order valence-corrected chi connectivity index (χ3v) is 1.59. The number of carboxylic acid groups (broad SMARTS) is 2. The fourth-order valence-electron chi connectivity index (χ4n) is 0.514. The Morgan fingerprint density at radius 3 is 1.05 bits per heavy atom. The van der Waals surface area contributed by atoms with E-state index in [9.17, 15) is 19.8 Å². The molecule has 117 valence electrons. The molecule has 19 heavy (non-hydrogen) atoms. The number of hydrogen-bond acceptors (Lipinski definition) is 10. The number of carbonyl (C=O) groups is 2. The Kier molecular flexibility index (Phi) is 15.1. The van der Waals surface area contributed by atoms with Crippen LogP contribution in [0, 0.1) is 0 Å². The van der Waals surface area contributed by atoms with Crippen LogP contribution in [0.25, 0.3) is 0 Å². The van der Waals surface area contributed by atoms with Crippen LogP contribution >= 0.6 is 0 Å². The van der Waals surface area contributed by atoms with E-state index in [1.54, 1.807) is 0 Å². The molecule has 0 aliphatic heterocycles. The van der Waals surface area contributed by atoms with Gasteiger partial charge >= 0.3 is 17.1 Å². The van der Waals surface area contributed by atoms with Crippen LogP contribution < -0.4 is 10.2 Å². The molecule has 0 bridgehead atoms. The van der Waals surface area contributed by atoms with E-state index in [1.165, 1.54) is 0 Å². The van der Waals surface area contributed by atoms with Gasteiger partial charge in [-0.2, -0.15) is 0 Å². The molecule has 0 aromatic rings. The molecule has 10 nitrogen and oxygen atoms in total. The van der Waals surface area contributed by atoms with Crippen molar-refractivity contribution in [3.05, 3.63) is 0 Å². The van der Waals surface area contributed by atoms with E-state index >= 15 is 0 Å². The molecule has 0 saturated heterocycles. The van der Waals surface area contributed by atoms with Crippen molar-refractivity contribution < 1.29 is 67.5 Å². The van der Waals surface area contributed by atoms with Crippen LogP contribution in [-0.2, 0) is 26.7 Å². The zero-order valence-corrected chi connectivity index (χ0v) is 10.3. The number of aliphatic hydroxyl groups excluding tert-OH is 6. The van der Waals surface area contributed by atoms with Crippen LogP contribution in [0.4, 0.5) is 0 Å². The zero-order chi connectivity index (χ0) is 14.9. The van der Waals surface area contributed by atoms with Crippen molar-refractivity contribution in [3.8, 4) is 0 Å². The second kappa shape index (κ2) is 12.3. The number of carbonyl (C=O) groups excluding carboxylic acids is 2. The zero-order valence-electron chi connectivity index (χ0n) is 9.34. The average Bonchev–Trinajstić information content (AvgIpc) is 2.35. The molecule has 0 aromatic carbocycles. The molecule has 0 amide bonds. The Balaban J connectivity index is -0.000000256. The minimum absolute atomic E-state index is 0. The number of aliphatic hydroxyl groups is 6. The molecular formula is C8H14CuO10. The van der Waals surface area contributed by atoms with Crippen molar-refractivity contribution in [2.24, 2.45) is 0 Å². The summed E-state index contributed by atoms with van der Waals surface area (Å²) in [5.74, 6) is -3.59. The Morgan fingerprint density at radius 2 is 1.00 bits per heavy atom. The maximum atomic E-state index is 9.67. The number of hydrogen-bond donors (Lipinski definition) is 6. The molecule has 0 aliphatic rings. The first-order chi connectivity index (χ1) is 8.18. The van der Waals surface area contributed by atoms with Gasteiger partial charge in [0.05, 0.1) is 25.2 Å². The van der Waals surface area contributed by atoms with E-state index < -0.39 is 49.6 Å². The van der Waals surface area contributed by atoms with E-state index in [-0.39, 0.29) is 17.1 Å². The summed E-state index contributed by atoms with van der Waals surface area (Å²) in [5.41, 5.74) is 0. The first-order valence-corrected chi connectivity index (χ1v) is 4.54. The van der Waals surface area contributed by atoms with Gasteiger partial charge in [0.1, 0.15) is 24.4 Å². The molecule has 0 unspecified atom stereocenters. The maximum Gasteiger partial charge on any atom is 2.00 e. The van der Waals surface area contributed by atoms with Gasteiger partial charge in [-0.1, -0.05) is 0 Å². The monoisotopic (exact) mass is 333 g/mol. The average molecular weight is 334 g/mol. The van der Waals surface area contributed by atoms with Gasteiger partial charge in [-0.15, -0.1) is 0 Å². The van der Waals surface area contributed by atoms with Gasteiger partial charge in [0.2, 0.25) is 0 Å². The third-order valence-electron chi connectivity index (χ3n) is 1.59. The van der Waals surface area contributed by atoms with Crippen molar-refractivity contribution >= 4 is 11.9 Å². The molecule has 0 aliphatic carbocycles. The van der Waals surface area contributed by atoms with E-state index in [0.717, 1.165) is 0 Å². The van der Waals surface area contributed by atoms with Gasteiger partial charge < -0.3 is 50.4 Å². The first-order valence-electron chi connectivity index (χ1n) is 4.54. The molecule has 0 rings (SSSR count). The summed E-state index contributed by atoms with van der Waals surface area (Å²) < 4.78 is 0. The Morgan fingerprint density at radius 1 is 0.789 bits per heavy atom. The molecule has 11 heteroatoms. The van der Waals surface area contributed by atoms with Crippen LogP contribution in [0.5, 0.6) is 0 Å². The van der Waals surface area contributed by atoms with Gasteiger partial charge in [-0.3, -0.25) is 0 Å². The summed E-state index contributed by atoms with van der Waals surface area (Å²) in [7, 11) is 0. The van der Waals surface area contributed by atoms with Crippen LogP contribution in [0.15, 0.2) is 0 Å². The van der Waals surface area contributed by atoms with Gasteiger partial charge in [0.15, 0.2) is 0 Å². The smallest absolute Gasteiger partial charge is 0.547 e. The Bertz CT molecular complexity index is 234. The number of carboxylic acids is 2. The van der Waals surface area contributed by atoms with Crippen molar-refractivity contribution in [1.82, 2.24) is 0 Å². The van der Waals surface area contributed by atoms with E-state index in [0.29, 0.717) is 0 Å². The fourth-order valence-corrected chi connectivity index (χ4v) is 0.514. The Labute approximate surface area is 118 Å². The van der Waals surface area contributed by atoms with Crippen LogP contribution in [0.3, 0.4) is 0 Å². The number of rotatable bonds is 6. The quantitative estimate of drug-likeness (QED) is 0.253. The predicted octanol–water partition coefficient (Wildman–Crippen LogP) is -7.10. The van der Waals surface area contributed by atoms with Gasteiger partial charge in [-0.05, 0) is 0 Å². The maximum absolute atomic E-state index is 9.67. The van der Waals surface area contributed by atoms with Gasteiger partial charge in [-0.25, -0.2) is 0 Å². The summed E-state index contributed by atoms with van der Waals surface area (Å²) in [6.45, 7) is -1.59. The minimum atomic E-state index is -2.00. The second-order valence-corrected chi connectivity index (χ2v) is 3.03. The van der Waals surface area contributed by atoms with Crippen LogP contribution in [-0.4, -0.2) is 80.2 Å². The summed E-state index contributed by atoms with van der Waals surface area (Å²) in [6, 6.07) is 0. The summed E-state index contributed by atoms with van der Waals surface area (Å²) in [6.07, 6.45) is -7.32. The van der Waals surface area contributed by atoms with Crippen molar-refractivity contribution in [1.29, 1.82) is 0 Å². The van der Waals surface area contributed by atoms with Crippen LogP contribution in [0.1, 0.15) is 0 Å².